The first-order chi connectivity index (χ1) is 9.38. The van der Waals surface area contributed by atoms with Gasteiger partial charge in [0.15, 0.2) is 5.78 Å². The third kappa shape index (κ3) is 3.09. The standard InChI is InChI=1S/C17H23FO2/c1-16(2)8-10-17(20-3,11-9-16)15(19)12-13-6-4-5-7-14(13)18/h4-7H,8-12H2,1-3H3. The molecule has 0 N–H and O–H groups in total. The van der Waals surface area contributed by atoms with Crippen LogP contribution in [0.15, 0.2) is 24.3 Å². The number of hydrogen-bond donors (Lipinski definition) is 0. The molecule has 1 aromatic carbocycles. The summed E-state index contributed by atoms with van der Waals surface area (Å²) in [6, 6.07) is 6.46. The number of carbonyl (C=O) groups excluding carboxylic acids is 1. The van der Waals surface area contributed by atoms with E-state index in [0.717, 1.165) is 25.7 Å². The average Bonchev–Trinajstić information content (AvgIpc) is 2.42. The lowest BCUT2D eigenvalue weighted by Crippen LogP contribution is -2.46. The van der Waals surface area contributed by atoms with Gasteiger partial charge >= 0.3 is 0 Å². The summed E-state index contributed by atoms with van der Waals surface area (Å²) in [7, 11) is 1.59. The van der Waals surface area contributed by atoms with E-state index in [1.54, 1.807) is 25.3 Å². The van der Waals surface area contributed by atoms with E-state index in [2.05, 4.69) is 13.8 Å². The Morgan fingerprint density at radius 3 is 2.35 bits per heavy atom. The summed E-state index contributed by atoms with van der Waals surface area (Å²) in [4.78, 5) is 12.6. The van der Waals surface area contributed by atoms with Crippen LogP contribution in [0.3, 0.4) is 0 Å². The van der Waals surface area contributed by atoms with Crippen LogP contribution in [0.5, 0.6) is 0 Å². The molecule has 110 valence electrons. The van der Waals surface area contributed by atoms with Crippen molar-refractivity contribution in [3.8, 4) is 0 Å². The molecule has 0 amide bonds. The zero-order valence-corrected chi connectivity index (χ0v) is 12.5. The quantitative estimate of drug-likeness (QED) is 0.834. The van der Waals surface area contributed by atoms with Gasteiger partial charge in [0.2, 0.25) is 0 Å². The Labute approximate surface area is 120 Å². The Balaban J connectivity index is 2.13. The van der Waals surface area contributed by atoms with Gasteiger partial charge in [0.05, 0.1) is 0 Å². The lowest BCUT2D eigenvalue weighted by molar-refractivity contribution is -0.147. The van der Waals surface area contributed by atoms with Crippen LogP contribution in [-0.4, -0.2) is 18.5 Å². The minimum atomic E-state index is -0.724. The molecule has 0 unspecified atom stereocenters. The largest absolute Gasteiger partial charge is 0.370 e. The van der Waals surface area contributed by atoms with E-state index in [1.807, 2.05) is 0 Å². The highest BCUT2D eigenvalue weighted by Crippen LogP contribution is 2.42. The van der Waals surface area contributed by atoms with E-state index in [4.69, 9.17) is 4.74 Å². The Kier molecular flexibility index (Phi) is 4.28. The molecule has 1 saturated carbocycles. The molecule has 1 fully saturated rings. The van der Waals surface area contributed by atoms with Crippen molar-refractivity contribution in [3.63, 3.8) is 0 Å². The number of ketones is 1. The highest BCUT2D eigenvalue weighted by Gasteiger charge is 2.43. The van der Waals surface area contributed by atoms with Crippen LogP contribution in [0.1, 0.15) is 45.1 Å². The molecule has 2 nitrogen and oxygen atoms in total. The summed E-state index contributed by atoms with van der Waals surface area (Å²) in [6.07, 6.45) is 3.49. The first-order valence-electron chi connectivity index (χ1n) is 7.20. The lowest BCUT2D eigenvalue weighted by Gasteiger charge is -2.41. The van der Waals surface area contributed by atoms with Gasteiger partial charge in [0, 0.05) is 13.5 Å². The number of ether oxygens (including phenoxy) is 1. The van der Waals surface area contributed by atoms with Crippen molar-refractivity contribution in [1.29, 1.82) is 0 Å². The number of benzene rings is 1. The highest BCUT2D eigenvalue weighted by molar-refractivity contribution is 5.89. The SMILES string of the molecule is COC1(C(=O)Cc2ccccc2F)CCC(C)(C)CC1. The summed E-state index contributed by atoms with van der Waals surface area (Å²) in [5.74, 6) is -0.316. The zero-order chi connectivity index (χ0) is 14.8. The molecule has 20 heavy (non-hydrogen) atoms. The second kappa shape index (κ2) is 5.65. The predicted molar refractivity (Wildman–Crippen MR) is 77.1 cm³/mol. The minimum Gasteiger partial charge on any atom is -0.370 e. The van der Waals surface area contributed by atoms with Crippen LogP contribution in [0.4, 0.5) is 4.39 Å². The molecule has 0 saturated heterocycles. The Morgan fingerprint density at radius 2 is 1.80 bits per heavy atom. The molecule has 0 heterocycles. The normalized spacial score (nSPS) is 20.6. The highest BCUT2D eigenvalue weighted by atomic mass is 19.1. The molecular weight excluding hydrogens is 255 g/mol. The molecule has 0 aliphatic heterocycles. The van der Waals surface area contributed by atoms with Gasteiger partial charge in [-0.2, -0.15) is 0 Å². The van der Waals surface area contributed by atoms with E-state index >= 15 is 0 Å². The molecule has 1 aliphatic carbocycles. The number of hydrogen-bond acceptors (Lipinski definition) is 2. The Morgan fingerprint density at radius 1 is 1.20 bits per heavy atom. The topological polar surface area (TPSA) is 26.3 Å². The third-order valence-electron chi connectivity index (χ3n) is 4.62. The van der Waals surface area contributed by atoms with Crippen molar-refractivity contribution in [2.75, 3.05) is 7.11 Å². The van der Waals surface area contributed by atoms with Crippen molar-refractivity contribution in [2.24, 2.45) is 5.41 Å². The fourth-order valence-corrected chi connectivity index (χ4v) is 2.90. The van der Waals surface area contributed by atoms with Gasteiger partial charge in [-0.3, -0.25) is 4.79 Å². The van der Waals surface area contributed by atoms with Crippen LogP contribution in [-0.2, 0) is 16.0 Å². The van der Waals surface area contributed by atoms with Gasteiger partial charge in [-0.05, 0) is 42.7 Å². The zero-order valence-electron chi connectivity index (χ0n) is 12.5. The van der Waals surface area contributed by atoms with Gasteiger partial charge < -0.3 is 4.74 Å². The Hall–Kier alpha value is -1.22. The smallest absolute Gasteiger partial charge is 0.169 e. The molecular formula is C17H23FO2. The van der Waals surface area contributed by atoms with E-state index in [0.29, 0.717) is 5.56 Å². The molecule has 2 rings (SSSR count). The van der Waals surface area contributed by atoms with Gasteiger partial charge in [-0.1, -0.05) is 32.0 Å². The van der Waals surface area contributed by atoms with Gasteiger partial charge in [-0.15, -0.1) is 0 Å². The second-order valence-electron chi connectivity index (χ2n) is 6.55. The monoisotopic (exact) mass is 278 g/mol. The fourth-order valence-electron chi connectivity index (χ4n) is 2.90. The number of methoxy groups -OCH3 is 1. The van der Waals surface area contributed by atoms with Crippen molar-refractivity contribution < 1.29 is 13.9 Å². The number of rotatable bonds is 4. The molecule has 3 heteroatoms. The Bertz CT molecular complexity index is 484. The fraction of sp³-hybridized carbons (Fsp3) is 0.588. The minimum absolute atomic E-state index is 0.000556. The maximum Gasteiger partial charge on any atom is 0.169 e. The number of carbonyl (C=O) groups is 1. The number of Topliss-reactive ketones (excluding diaryl/α,β-unsaturated/α-hetero) is 1. The van der Waals surface area contributed by atoms with Crippen molar-refractivity contribution in [2.45, 2.75) is 51.6 Å². The summed E-state index contributed by atoms with van der Waals surface area (Å²) in [5, 5.41) is 0. The van der Waals surface area contributed by atoms with E-state index in [1.165, 1.54) is 6.07 Å². The second-order valence-corrected chi connectivity index (χ2v) is 6.55. The third-order valence-corrected chi connectivity index (χ3v) is 4.62. The first kappa shape index (κ1) is 15.2. The van der Waals surface area contributed by atoms with Crippen molar-refractivity contribution >= 4 is 5.78 Å². The molecule has 0 atom stereocenters. The summed E-state index contributed by atoms with van der Waals surface area (Å²) in [6.45, 7) is 4.43. The predicted octanol–water partition coefficient (Wildman–Crippen LogP) is 3.92. The maximum atomic E-state index is 13.7. The summed E-state index contributed by atoms with van der Waals surface area (Å²) in [5.41, 5.74) is -0.00303. The van der Waals surface area contributed by atoms with Crippen LogP contribution in [0.2, 0.25) is 0 Å². The van der Waals surface area contributed by atoms with Crippen LogP contribution in [0.25, 0.3) is 0 Å². The molecule has 0 bridgehead atoms. The van der Waals surface area contributed by atoms with Crippen LogP contribution < -0.4 is 0 Å². The van der Waals surface area contributed by atoms with Gasteiger partial charge in [0.1, 0.15) is 11.4 Å². The van der Waals surface area contributed by atoms with Crippen molar-refractivity contribution in [1.82, 2.24) is 0 Å². The molecule has 0 aromatic heterocycles. The van der Waals surface area contributed by atoms with E-state index < -0.39 is 5.60 Å². The average molecular weight is 278 g/mol. The molecule has 0 spiro atoms. The first-order valence-corrected chi connectivity index (χ1v) is 7.20. The summed E-state index contributed by atoms with van der Waals surface area (Å²) < 4.78 is 19.2. The van der Waals surface area contributed by atoms with Gasteiger partial charge in [-0.25, -0.2) is 4.39 Å². The van der Waals surface area contributed by atoms with Crippen LogP contribution in [0, 0.1) is 11.2 Å². The van der Waals surface area contributed by atoms with E-state index in [-0.39, 0.29) is 23.4 Å². The molecule has 1 aromatic rings. The molecule has 0 radical (unpaired) electrons. The lowest BCUT2D eigenvalue weighted by atomic mass is 9.69. The van der Waals surface area contributed by atoms with Gasteiger partial charge in [0.25, 0.3) is 0 Å². The van der Waals surface area contributed by atoms with E-state index in [9.17, 15) is 9.18 Å². The maximum absolute atomic E-state index is 13.7. The summed E-state index contributed by atoms with van der Waals surface area (Å²) >= 11 is 0. The van der Waals surface area contributed by atoms with Crippen LogP contribution >= 0.6 is 0 Å². The molecule has 1 aliphatic rings. The van der Waals surface area contributed by atoms with Crippen molar-refractivity contribution in [3.05, 3.63) is 35.6 Å². The number of halogens is 1.